The van der Waals surface area contributed by atoms with Crippen LogP contribution in [0.1, 0.15) is 29.6 Å². The summed E-state index contributed by atoms with van der Waals surface area (Å²) >= 11 is 3.25. The van der Waals surface area contributed by atoms with Gasteiger partial charge in [0.1, 0.15) is 5.75 Å². The molecule has 0 aliphatic carbocycles. The van der Waals surface area contributed by atoms with Gasteiger partial charge < -0.3 is 15.3 Å². The van der Waals surface area contributed by atoms with Gasteiger partial charge in [-0.15, -0.1) is 0 Å². The summed E-state index contributed by atoms with van der Waals surface area (Å²) in [5, 5.41) is 12.3. The average Bonchev–Trinajstić information content (AvgIpc) is 2.95. The van der Waals surface area contributed by atoms with Gasteiger partial charge in [-0.3, -0.25) is 9.59 Å². The Kier molecular flexibility index (Phi) is 5.00. The van der Waals surface area contributed by atoms with Gasteiger partial charge in [-0.2, -0.15) is 0 Å². The fraction of sp³-hybridized carbons (Fsp3) is 0.429. The molecular weight excluding hydrogens is 324 g/mol. The third-order valence-electron chi connectivity index (χ3n) is 3.29. The summed E-state index contributed by atoms with van der Waals surface area (Å²) in [7, 11) is 0. The molecule has 0 aromatic heterocycles. The van der Waals surface area contributed by atoms with Crippen LogP contribution in [0.25, 0.3) is 0 Å². The average molecular weight is 341 g/mol. The second kappa shape index (κ2) is 6.74. The van der Waals surface area contributed by atoms with Crippen LogP contribution in [-0.2, 0) is 4.79 Å². The molecule has 5 nitrogen and oxygen atoms in total. The van der Waals surface area contributed by atoms with Crippen molar-refractivity contribution in [1.82, 2.24) is 10.2 Å². The zero-order chi connectivity index (χ0) is 14.5. The van der Waals surface area contributed by atoms with Gasteiger partial charge in [-0.1, -0.05) is 15.9 Å². The molecule has 2 amide bonds. The molecule has 108 valence electrons. The van der Waals surface area contributed by atoms with E-state index in [1.165, 1.54) is 6.07 Å². The first-order valence-corrected chi connectivity index (χ1v) is 7.42. The highest BCUT2D eigenvalue weighted by Gasteiger charge is 2.18. The summed E-state index contributed by atoms with van der Waals surface area (Å²) in [6.45, 7) is 1.92. The molecule has 1 aliphatic heterocycles. The molecule has 0 atom stereocenters. The van der Waals surface area contributed by atoms with Crippen LogP contribution >= 0.6 is 15.9 Å². The predicted molar refractivity (Wildman–Crippen MR) is 78.6 cm³/mol. The Labute approximate surface area is 126 Å². The molecule has 2 rings (SSSR count). The van der Waals surface area contributed by atoms with Crippen LogP contribution in [-0.4, -0.2) is 41.5 Å². The molecule has 1 aliphatic rings. The van der Waals surface area contributed by atoms with Gasteiger partial charge in [0, 0.05) is 30.5 Å². The lowest BCUT2D eigenvalue weighted by Crippen LogP contribution is -2.32. The Balaban J connectivity index is 1.83. The topological polar surface area (TPSA) is 69.6 Å². The van der Waals surface area contributed by atoms with Crippen LogP contribution in [0.4, 0.5) is 0 Å². The van der Waals surface area contributed by atoms with Crippen molar-refractivity contribution in [3.8, 4) is 5.75 Å². The zero-order valence-electron chi connectivity index (χ0n) is 11.1. The van der Waals surface area contributed by atoms with Gasteiger partial charge in [0.05, 0.1) is 5.56 Å². The maximum Gasteiger partial charge on any atom is 0.255 e. The highest BCUT2D eigenvalue weighted by molar-refractivity contribution is 9.10. The third kappa shape index (κ3) is 3.72. The van der Waals surface area contributed by atoms with Gasteiger partial charge >= 0.3 is 0 Å². The smallest absolute Gasteiger partial charge is 0.255 e. The normalized spacial score (nSPS) is 14.3. The lowest BCUT2D eigenvalue weighted by molar-refractivity contribution is -0.129. The first kappa shape index (κ1) is 14.8. The van der Waals surface area contributed by atoms with E-state index in [1.54, 1.807) is 12.1 Å². The van der Waals surface area contributed by atoms with Gasteiger partial charge in [-0.25, -0.2) is 0 Å². The third-order valence-corrected chi connectivity index (χ3v) is 3.78. The molecule has 1 fully saturated rings. The number of hydrogen-bond donors (Lipinski definition) is 2. The molecule has 1 saturated heterocycles. The highest BCUT2D eigenvalue weighted by Crippen LogP contribution is 2.21. The quantitative estimate of drug-likeness (QED) is 0.879. The van der Waals surface area contributed by atoms with E-state index in [2.05, 4.69) is 21.2 Å². The minimum Gasteiger partial charge on any atom is -0.507 e. The molecule has 2 N–H and O–H groups in total. The molecule has 0 radical (unpaired) electrons. The Morgan fingerprint density at radius 2 is 2.00 bits per heavy atom. The first-order valence-electron chi connectivity index (χ1n) is 6.62. The van der Waals surface area contributed by atoms with E-state index < -0.39 is 0 Å². The van der Waals surface area contributed by atoms with Crippen molar-refractivity contribution < 1.29 is 14.7 Å². The van der Waals surface area contributed by atoms with E-state index in [9.17, 15) is 14.7 Å². The summed E-state index contributed by atoms with van der Waals surface area (Å²) < 4.78 is 0.716. The standard InChI is InChI=1S/C14H17BrN2O3/c15-10-3-4-12(18)11(9-10)14(20)16-6-5-13(19)17-7-1-2-8-17/h3-4,9,18H,1-2,5-8H2,(H,16,20). The molecule has 0 unspecified atom stereocenters. The van der Waals surface area contributed by atoms with E-state index in [0.717, 1.165) is 25.9 Å². The number of rotatable bonds is 4. The number of aromatic hydroxyl groups is 1. The van der Waals surface area contributed by atoms with Gasteiger partial charge in [-0.05, 0) is 31.0 Å². The first-order chi connectivity index (χ1) is 9.58. The van der Waals surface area contributed by atoms with E-state index in [1.807, 2.05) is 4.90 Å². The number of carbonyl (C=O) groups is 2. The number of phenols is 1. The summed E-state index contributed by atoms with van der Waals surface area (Å²) in [5.41, 5.74) is 0.202. The molecule has 0 bridgehead atoms. The van der Waals surface area contributed by atoms with Crippen molar-refractivity contribution >= 4 is 27.7 Å². The van der Waals surface area contributed by atoms with Crippen LogP contribution < -0.4 is 5.32 Å². The number of likely N-dealkylation sites (tertiary alicyclic amines) is 1. The van der Waals surface area contributed by atoms with Crippen molar-refractivity contribution in [2.75, 3.05) is 19.6 Å². The second-order valence-electron chi connectivity index (χ2n) is 4.76. The van der Waals surface area contributed by atoms with Crippen molar-refractivity contribution in [3.05, 3.63) is 28.2 Å². The lowest BCUT2D eigenvalue weighted by atomic mass is 10.2. The van der Waals surface area contributed by atoms with Gasteiger partial charge in [0.15, 0.2) is 0 Å². The van der Waals surface area contributed by atoms with E-state index in [0.29, 0.717) is 10.9 Å². The number of nitrogens with zero attached hydrogens (tertiary/aromatic N) is 1. The van der Waals surface area contributed by atoms with Crippen LogP contribution in [0.5, 0.6) is 5.75 Å². The lowest BCUT2D eigenvalue weighted by Gasteiger charge is -2.15. The number of hydrogen-bond acceptors (Lipinski definition) is 3. The Morgan fingerprint density at radius 3 is 2.70 bits per heavy atom. The van der Waals surface area contributed by atoms with Crippen molar-refractivity contribution in [1.29, 1.82) is 0 Å². The largest absolute Gasteiger partial charge is 0.507 e. The van der Waals surface area contributed by atoms with Crippen molar-refractivity contribution in [3.63, 3.8) is 0 Å². The predicted octanol–water partition coefficient (Wildman–Crippen LogP) is 1.90. The van der Waals surface area contributed by atoms with Crippen LogP contribution in [0, 0.1) is 0 Å². The number of phenolic OH excluding ortho intramolecular Hbond substituents is 1. The molecule has 20 heavy (non-hydrogen) atoms. The fourth-order valence-corrected chi connectivity index (χ4v) is 2.55. The summed E-state index contributed by atoms with van der Waals surface area (Å²) in [4.78, 5) is 25.5. The number of nitrogens with one attached hydrogen (secondary N) is 1. The maximum absolute atomic E-state index is 11.9. The summed E-state index contributed by atoms with van der Waals surface area (Å²) in [6.07, 6.45) is 2.41. The fourth-order valence-electron chi connectivity index (χ4n) is 2.19. The monoisotopic (exact) mass is 340 g/mol. The number of benzene rings is 1. The molecule has 1 heterocycles. The number of amides is 2. The van der Waals surface area contributed by atoms with Crippen LogP contribution in [0.15, 0.2) is 22.7 Å². The molecule has 0 spiro atoms. The zero-order valence-corrected chi connectivity index (χ0v) is 12.6. The van der Waals surface area contributed by atoms with E-state index >= 15 is 0 Å². The minimum absolute atomic E-state index is 0.0706. The van der Waals surface area contributed by atoms with Gasteiger partial charge in [0.2, 0.25) is 5.91 Å². The molecule has 6 heteroatoms. The van der Waals surface area contributed by atoms with Crippen LogP contribution in [0.3, 0.4) is 0 Å². The van der Waals surface area contributed by atoms with Crippen molar-refractivity contribution in [2.24, 2.45) is 0 Å². The Bertz CT molecular complexity index is 513. The molecular formula is C14H17BrN2O3. The van der Waals surface area contributed by atoms with E-state index in [-0.39, 0.29) is 29.7 Å². The highest BCUT2D eigenvalue weighted by atomic mass is 79.9. The Morgan fingerprint density at radius 1 is 1.30 bits per heavy atom. The maximum atomic E-state index is 11.9. The van der Waals surface area contributed by atoms with E-state index in [4.69, 9.17) is 0 Å². The minimum atomic E-state index is -0.377. The molecule has 0 saturated carbocycles. The van der Waals surface area contributed by atoms with Gasteiger partial charge in [0.25, 0.3) is 5.91 Å². The summed E-state index contributed by atoms with van der Waals surface area (Å²) in [5.74, 6) is -0.379. The Hall–Kier alpha value is -1.56. The second-order valence-corrected chi connectivity index (χ2v) is 5.67. The molecule has 1 aromatic rings. The number of halogens is 1. The SMILES string of the molecule is O=C(NCCC(=O)N1CCCC1)c1cc(Br)ccc1O. The van der Waals surface area contributed by atoms with Crippen molar-refractivity contribution in [2.45, 2.75) is 19.3 Å². The molecule has 1 aromatic carbocycles. The number of carbonyl (C=O) groups excluding carboxylic acids is 2. The summed E-state index contributed by atoms with van der Waals surface area (Å²) in [6, 6.07) is 4.66. The van der Waals surface area contributed by atoms with Crippen LogP contribution in [0.2, 0.25) is 0 Å².